The van der Waals surface area contributed by atoms with Crippen molar-refractivity contribution in [2.24, 2.45) is 0 Å². The largest absolute Gasteiger partial charge is 0.456 e. The van der Waals surface area contributed by atoms with Gasteiger partial charge in [-0.05, 0) is 12.8 Å². The van der Waals surface area contributed by atoms with Crippen molar-refractivity contribution in [1.29, 1.82) is 0 Å². The van der Waals surface area contributed by atoms with Gasteiger partial charge in [0.05, 0.1) is 6.61 Å². The van der Waals surface area contributed by atoms with Gasteiger partial charge in [0.25, 0.3) is 0 Å². The van der Waals surface area contributed by atoms with Crippen molar-refractivity contribution >= 4 is 17.8 Å². The van der Waals surface area contributed by atoms with Gasteiger partial charge in [0, 0.05) is 12.8 Å². The van der Waals surface area contributed by atoms with Crippen LogP contribution in [0.3, 0.4) is 0 Å². The third kappa shape index (κ3) is 18.9. The average Bonchev–Trinajstić information content (AvgIpc) is 3.01. The lowest BCUT2D eigenvalue weighted by Gasteiger charge is -2.42. The first-order valence-corrected chi connectivity index (χ1v) is 17.7. The molecule has 0 aromatic carbocycles. The highest BCUT2D eigenvalue weighted by molar-refractivity contribution is 5.82. The van der Waals surface area contributed by atoms with Crippen LogP contribution in [-0.2, 0) is 23.9 Å². The van der Waals surface area contributed by atoms with Crippen molar-refractivity contribution in [2.75, 3.05) is 13.2 Å². The van der Waals surface area contributed by atoms with Gasteiger partial charge in [0.1, 0.15) is 24.8 Å². The third-order valence-corrected chi connectivity index (χ3v) is 8.41. The van der Waals surface area contributed by atoms with Gasteiger partial charge in [-0.15, -0.1) is 0 Å². The summed E-state index contributed by atoms with van der Waals surface area (Å²) in [5, 5.41) is 35.9. The summed E-state index contributed by atoms with van der Waals surface area (Å²) in [6.45, 7) is 3.41. The number of aliphatic hydroxyl groups excluding tert-OH is 3. The summed E-state index contributed by atoms with van der Waals surface area (Å²) in [5.74, 6) is -1.43. The minimum absolute atomic E-state index is 0.231. The fraction of sp³-hybridized carbons (Fsp3) is 0.912. The van der Waals surface area contributed by atoms with E-state index in [-0.39, 0.29) is 18.2 Å². The fourth-order valence-corrected chi connectivity index (χ4v) is 5.63. The van der Waals surface area contributed by atoms with E-state index in [0.29, 0.717) is 12.8 Å². The molecule has 0 bridgehead atoms. The molecular formula is C34H64N2O8. The van der Waals surface area contributed by atoms with Crippen molar-refractivity contribution in [3.05, 3.63) is 0 Å². The third-order valence-electron chi connectivity index (χ3n) is 8.41. The highest BCUT2D eigenvalue weighted by Crippen LogP contribution is 2.23. The highest BCUT2D eigenvalue weighted by Gasteiger charge is 2.47. The SMILES string of the molecule is CCCCCCCCCCCCCC(=O)N[C@@H]1[C@@H](OC(=O)CNC(=O)CCCCCCCCCCC)[C@H](O)[C@@H](CO)O[C@@H]1O. The summed E-state index contributed by atoms with van der Waals surface area (Å²) < 4.78 is 10.7. The standard InChI is InChI=1S/C34H64N2O8/c1-3-5-7-9-11-13-14-16-18-20-22-24-29(39)36-31-33(32(41)27(26-37)43-34(31)42)44-30(40)25-35-28(38)23-21-19-17-15-12-10-8-6-4-2/h27,31-34,37,41-42H,3-26H2,1-2H3,(H,35,38)(H,36,39)/t27-,31-,32-,33-,34+/m1/s1. The molecule has 5 atom stereocenters. The van der Waals surface area contributed by atoms with E-state index in [4.69, 9.17) is 9.47 Å². The Morgan fingerprint density at radius 1 is 0.659 bits per heavy atom. The molecule has 5 N–H and O–H groups in total. The van der Waals surface area contributed by atoms with Crippen LogP contribution in [0.15, 0.2) is 0 Å². The molecule has 44 heavy (non-hydrogen) atoms. The molecule has 10 heteroatoms. The van der Waals surface area contributed by atoms with Gasteiger partial charge in [-0.3, -0.25) is 14.4 Å². The fourth-order valence-electron chi connectivity index (χ4n) is 5.63. The predicted octanol–water partition coefficient (Wildman–Crippen LogP) is 5.19. The lowest BCUT2D eigenvalue weighted by molar-refractivity contribution is -0.258. The lowest BCUT2D eigenvalue weighted by atomic mass is 9.96. The maximum Gasteiger partial charge on any atom is 0.325 e. The molecule has 0 radical (unpaired) electrons. The van der Waals surface area contributed by atoms with Crippen LogP contribution >= 0.6 is 0 Å². The Bertz CT molecular complexity index is 753. The second-order valence-electron chi connectivity index (χ2n) is 12.4. The Balaban J connectivity index is 2.36. The van der Waals surface area contributed by atoms with Crippen molar-refractivity contribution in [1.82, 2.24) is 10.6 Å². The minimum atomic E-state index is -1.59. The van der Waals surface area contributed by atoms with E-state index < -0.39 is 49.8 Å². The van der Waals surface area contributed by atoms with Gasteiger partial charge in [-0.2, -0.15) is 0 Å². The molecule has 0 aliphatic carbocycles. The molecule has 1 rings (SSSR count). The number of esters is 1. The average molecular weight is 629 g/mol. The number of carbonyl (C=O) groups excluding carboxylic acids is 3. The summed E-state index contributed by atoms with van der Waals surface area (Å²) in [5.41, 5.74) is 0. The molecule has 1 aliphatic heterocycles. The predicted molar refractivity (Wildman–Crippen MR) is 172 cm³/mol. The van der Waals surface area contributed by atoms with E-state index in [1.54, 1.807) is 0 Å². The van der Waals surface area contributed by atoms with Crippen LogP contribution in [0.1, 0.15) is 155 Å². The zero-order valence-electron chi connectivity index (χ0n) is 27.7. The Morgan fingerprint density at radius 3 is 1.55 bits per heavy atom. The normalized spacial score (nSPS) is 21.6. The summed E-state index contributed by atoms with van der Waals surface area (Å²) in [4.78, 5) is 37.4. The van der Waals surface area contributed by atoms with Crippen LogP contribution < -0.4 is 10.6 Å². The number of aliphatic hydroxyl groups is 3. The van der Waals surface area contributed by atoms with Crippen molar-refractivity contribution < 1.29 is 39.2 Å². The first-order chi connectivity index (χ1) is 21.3. The van der Waals surface area contributed by atoms with Crippen LogP contribution in [0, 0.1) is 0 Å². The summed E-state index contributed by atoms with van der Waals surface area (Å²) in [6.07, 6.45) is 17.9. The van der Waals surface area contributed by atoms with Crippen molar-refractivity contribution in [2.45, 2.75) is 186 Å². The molecule has 1 saturated heterocycles. The highest BCUT2D eigenvalue weighted by atomic mass is 16.6. The number of hydrogen-bond donors (Lipinski definition) is 5. The van der Waals surface area contributed by atoms with E-state index in [0.717, 1.165) is 38.5 Å². The van der Waals surface area contributed by atoms with E-state index in [9.17, 15) is 29.7 Å². The molecule has 0 saturated carbocycles. The van der Waals surface area contributed by atoms with Gasteiger partial charge in [-0.25, -0.2) is 0 Å². The maximum atomic E-state index is 12.6. The molecule has 1 aliphatic rings. The van der Waals surface area contributed by atoms with Gasteiger partial charge in [0.15, 0.2) is 12.4 Å². The second kappa shape index (κ2) is 26.5. The number of amides is 2. The smallest absolute Gasteiger partial charge is 0.325 e. The topological polar surface area (TPSA) is 154 Å². The first kappa shape index (κ1) is 40.3. The van der Waals surface area contributed by atoms with E-state index in [2.05, 4.69) is 24.5 Å². The number of carbonyl (C=O) groups is 3. The molecule has 0 unspecified atom stereocenters. The quantitative estimate of drug-likeness (QED) is 0.0615. The van der Waals surface area contributed by atoms with Gasteiger partial charge < -0.3 is 35.4 Å². The minimum Gasteiger partial charge on any atom is -0.456 e. The van der Waals surface area contributed by atoms with Gasteiger partial charge >= 0.3 is 5.97 Å². The van der Waals surface area contributed by atoms with Crippen LogP contribution in [0.2, 0.25) is 0 Å². The molecule has 0 aromatic heterocycles. The number of rotatable bonds is 27. The van der Waals surface area contributed by atoms with Crippen LogP contribution in [-0.4, -0.2) is 76.9 Å². The van der Waals surface area contributed by atoms with E-state index in [1.807, 2.05) is 0 Å². The monoisotopic (exact) mass is 628 g/mol. The Labute approximate surface area is 266 Å². The Hall–Kier alpha value is -1.75. The molecule has 0 spiro atoms. The van der Waals surface area contributed by atoms with E-state index in [1.165, 1.54) is 83.5 Å². The Morgan fingerprint density at radius 2 is 1.09 bits per heavy atom. The van der Waals surface area contributed by atoms with Crippen LogP contribution in [0.5, 0.6) is 0 Å². The van der Waals surface area contributed by atoms with E-state index >= 15 is 0 Å². The molecule has 2 amide bonds. The number of hydrogen-bond acceptors (Lipinski definition) is 8. The molecule has 0 aromatic rings. The Kier molecular flexibility index (Phi) is 24.2. The summed E-state index contributed by atoms with van der Waals surface area (Å²) >= 11 is 0. The summed E-state index contributed by atoms with van der Waals surface area (Å²) in [6, 6.07) is -1.21. The second-order valence-corrected chi connectivity index (χ2v) is 12.4. The summed E-state index contributed by atoms with van der Waals surface area (Å²) in [7, 11) is 0. The number of nitrogens with one attached hydrogen (secondary N) is 2. The first-order valence-electron chi connectivity index (χ1n) is 17.7. The number of ether oxygens (including phenoxy) is 2. The zero-order valence-corrected chi connectivity index (χ0v) is 27.7. The van der Waals surface area contributed by atoms with Gasteiger partial charge in [0.2, 0.25) is 11.8 Å². The molecular weight excluding hydrogens is 564 g/mol. The van der Waals surface area contributed by atoms with Crippen molar-refractivity contribution in [3.8, 4) is 0 Å². The van der Waals surface area contributed by atoms with Crippen LogP contribution in [0.4, 0.5) is 0 Å². The van der Waals surface area contributed by atoms with Crippen LogP contribution in [0.25, 0.3) is 0 Å². The lowest BCUT2D eigenvalue weighted by Crippen LogP contribution is -2.65. The van der Waals surface area contributed by atoms with Crippen molar-refractivity contribution in [3.63, 3.8) is 0 Å². The molecule has 1 fully saturated rings. The zero-order chi connectivity index (χ0) is 32.4. The maximum absolute atomic E-state index is 12.6. The molecule has 1 heterocycles. The number of unbranched alkanes of at least 4 members (excludes halogenated alkanes) is 18. The molecule has 10 nitrogen and oxygen atoms in total. The van der Waals surface area contributed by atoms with Gasteiger partial charge in [-0.1, -0.05) is 129 Å². The molecule has 258 valence electrons.